The largest absolute Gasteiger partial charge is 0.337 e. The number of amides is 1. The van der Waals surface area contributed by atoms with Crippen molar-refractivity contribution >= 4 is 5.91 Å². The van der Waals surface area contributed by atoms with Gasteiger partial charge in [-0.1, -0.05) is 0 Å². The Bertz CT molecular complexity index is 672. The first-order valence-electron chi connectivity index (χ1n) is 7.91. The highest BCUT2D eigenvalue weighted by atomic mass is 19.1. The lowest BCUT2D eigenvalue weighted by Crippen LogP contribution is -2.42. The smallest absolute Gasteiger partial charge is 0.274 e. The molecule has 1 aromatic carbocycles. The molecule has 1 atom stereocenters. The summed E-state index contributed by atoms with van der Waals surface area (Å²) in [5, 5.41) is 4.32. The number of benzene rings is 1. The van der Waals surface area contributed by atoms with Gasteiger partial charge in [0.25, 0.3) is 5.91 Å². The van der Waals surface area contributed by atoms with Crippen molar-refractivity contribution in [1.82, 2.24) is 14.7 Å². The molecule has 1 fully saturated rings. The summed E-state index contributed by atoms with van der Waals surface area (Å²) in [4.78, 5) is 14.4. The van der Waals surface area contributed by atoms with Crippen LogP contribution in [0.3, 0.4) is 0 Å². The van der Waals surface area contributed by atoms with Crippen LogP contribution in [0.4, 0.5) is 4.39 Å². The Morgan fingerprint density at radius 2 is 1.91 bits per heavy atom. The fourth-order valence-electron chi connectivity index (χ4n) is 2.97. The van der Waals surface area contributed by atoms with Gasteiger partial charge >= 0.3 is 0 Å². The highest BCUT2D eigenvalue weighted by Gasteiger charge is 2.26. The van der Waals surface area contributed by atoms with Gasteiger partial charge in [0.05, 0.1) is 5.69 Å². The average Bonchev–Trinajstić information content (AvgIpc) is 3.05. The van der Waals surface area contributed by atoms with Crippen LogP contribution in [0.15, 0.2) is 36.5 Å². The molecule has 2 heterocycles. The van der Waals surface area contributed by atoms with E-state index in [0.29, 0.717) is 24.7 Å². The Kier molecular flexibility index (Phi) is 4.43. The van der Waals surface area contributed by atoms with Gasteiger partial charge in [0, 0.05) is 25.3 Å². The summed E-state index contributed by atoms with van der Waals surface area (Å²) in [5.74, 6) is 0.124. The third-order valence-corrected chi connectivity index (χ3v) is 4.47. The van der Waals surface area contributed by atoms with E-state index in [1.165, 1.54) is 12.1 Å². The lowest BCUT2D eigenvalue weighted by atomic mass is 9.91. The molecule has 0 spiro atoms. The fraction of sp³-hybridized carbons (Fsp3) is 0.412. The molecule has 2 aromatic rings. The molecule has 1 unspecified atom stereocenters. The van der Waals surface area contributed by atoms with Crippen LogP contribution >= 0.6 is 0 Å². The topological polar surface area (TPSA) is 64.2 Å². The lowest BCUT2D eigenvalue weighted by Gasteiger charge is -2.33. The monoisotopic (exact) mass is 316 g/mol. The minimum Gasteiger partial charge on any atom is -0.337 e. The Morgan fingerprint density at radius 1 is 1.26 bits per heavy atom. The molecule has 1 aliphatic heterocycles. The minimum atomic E-state index is -0.297. The summed E-state index contributed by atoms with van der Waals surface area (Å²) >= 11 is 0. The van der Waals surface area contributed by atoms with Crippen molar-refractivity contribution in [3.05, 3.63) is 48.0 Å². The molecule has 1 aliphatic rings. The summed E-state index contributed by atoms with van der Waals surface area (Å²) < 4.78 is 14.6. The number of carbonyl (C=O) groups excluding carboxylic acids is 1. The van der Waals surface area contributed by atoms with Crippen molar-refractivity contribution in [3.8, 4) is 5.69 Å². The molecule has 2 N–H and O–H groups in total. The van der Waals surface area contributed by atoms with Crippen LogP contribution in [0.5, 0.6) is 0 Å². The molecule has 5 nitrogen and oxygen atoms in total. The van der Waals surface area contributed by atoms with Gasteiger partial charge in [0.15, 0.2) is 5.69 Å². The molecule has 0 bridgehead atoms. The van der Waals surface area contributed by atoms with E-state index in [1.807, 2.05) is 11.8 Å². The van der Waals surface area contributed by atoms with E-state index < -0.39 is 0 Å². The number of halogens is 1. The SMILES string of the molecule is CC(N)C1CCN(C(=O)c2ccn(-c3ccc(F)cc3)n2)CC1. The highest BCUT2D eigenvalue weighted by Crippen LogP contribution is 2.21. The maximum atomic E-state index is 13.0. The van der Waals surface area contributed by atoms with E-state index in [4.69, 9.17) is 5.73 Å². The number of hydrogen-bond donors (Lipinski definition) is 1. The summed E-state index contributed by atoms with van der Waals surface area (Å²) in [5.41, 5.74) is 7.07. The number of hydrogen-bond acceptors (Lipinski definition) is 3. The molecule has 1 saturated heterocycles. The van der Waals surface area contributed by atoms with Crippen LogP contribution in [-0.2, 0) is 0 Å². The van der Waals surface area contributed by atoms with Crippen molar-refractivity contribution in [3.63, 3.8) is 0 Å². The predicted octanol–water partition coefficient (Wildman–Crippen LogP) is 2.21. The first-order chi connectivity index (χ1) is 11.0. The third kappa shape index (κ3) is 3.42. The summed E-state index contributed by atoms with van der Waals surface area (Å²) in [6.07, 6.45) is 3.58. The molecular formula is C17H21FN4O. The van der Waals surface area contributed by atoms with Crippen LogP contribution in [0.2, 0.25) is 0 Å². The van der Waals surface area contributed by atoms with Gasteiger partial charge in [0.2, 0.25) is 0 Å². The van der Waals surface area contributed by atoms with Crippen molar-refractivity contribution in [2.75, 3.05) is 13.1 Å². The fourth-order valence-corrected chi connectivity index (χ4v) is 2.97. The van der Waals surface area contributed by atoms with E-state index in [1.54, 1.807) is 29.1 Å². The summed E-state index contributed by atoms with van der Waals surface area (Å²) in [7, 11) is 0. The number of nitrogens with zero attached hydrogens (tertiary/aromatic N) is 3. The number of likely N-dealkylation sites (tertiary alicyclic amines) is 1. The van der Waals surface area contributed by atoms with Gasteiger partial charge in [-0.25, -0.2) is 9.07 Å². The molecule has 122 valence electrons. The van der Waals surface area contributed by atoms with E-state index >= 15 is 0 Å². The van der Waals surface area contributed by atoms with Crippen LogP contribution in [-0.4, -0.2) is 39.7 Å². The molecule has 23 heavy (non-hydrogen) atoms. The van der Waals surface area contributed by atoms with Crippen molar-refractivity contribution < 1.29 is 9.18 Å². The first kappa shape index (κ1) is 15.7. The summed E-state index contributed by atoms with van der Waals surface area (Å²) in [6.45, 7) is 3.45. The zero-order chi connectivity index (χ0) is 16.4. The van der Waals surface area contributed by atoms with Crippen LogP contribution in [0.1, 0.15) is 30.3 Å². The zero-order valence-corrected chi connectivity index (χ0v) is 13.2. The number of aromatic nitrogens is 2. The quantitative estimate of drug-likeness (QED) is 0.944. The van der Waals surface area contributed by atoms with Crippen molar-refractivity contribution in [2.45, 2.75) is 25.8 Å². The van der Waals surface area contributed by atoms with Crippen molar-refractivity contribution in [1.29, 1.82) is 0 Å². The van der Waals surface area contributed by atoms with Crippen molar-refractivity contribution in [2.24, 2.45) is 11.7 Å². The molecule has 1 aromatic heterocycles. The maximum absolute atomic E-state index is 13.0. The first-order valence-corrected chi connectivity index (χ1v) is 7.91. The molecule has 3 rings (SSSR count). The summed E-state index contributed by atoms with van der Waals surface area (Å²) in [6, 6.07) is 7.87. The molecule has 0 aliphatic carbocycles. The molecule has 6 heteroatoms. The maximum Gasteiger partial charge on any atom is 0.274 e. The Labute approximate surface area is 134 Å². The normalized spacial score (nSPS) is 17.3. The molecular weight excluding hydrogens is 295 g/mol. The standard InChI is InChI=1S/C17H21FN4O/c1-12(19)13-6-9-21(10-7-13)17(23)16-8-11-22(20-16)15-4-2-14(18)3-5-15/h2-5,8,11-13H,6-7,9-10,19H2,1H3. The predicted molar refractivity (Wildman–Crippen MR) is 85.8 cm³/mol. The molecule has 0 radical (unpaired) electrons. The number of rotatable bonds is 3. The van der Waals surface area contributed by atoms with Gasteiger partial charge in [-0.15, -0.1) is 0 Å². The van der Waals surface area contributed by atoms with Gasteiger partial charge in [-0.05, 0) is 56.0 Å². The zero-order valence-electron chi connectivity index (χ0n) is 13.2. The third-order valence-electron chi connectivity index (χ3n) is 4.47. The Balaban J connectivity index is 1.68. The van der Waals surface area contributed by atoms with Crippen LogP contribution in [0.25, 0.3) is 5.69 Å². The average molecular weight is 316 g/mol. The minimum absolute atomic E-state index is 0.0611. The van der Waals surface area contributed by atoms with E-state index in [-0.39, 0.29) is 17.8 Å². The highest BCUT2D eigenvalue weighted by molar-refractivity contribution is 5.92. The second-order valence-electron chi connectivity index (χ2n) is 6.11. The Morgan fingerprint density at radius 3 is 2.52 bits per heavy atom. The van der Waals surface area contributed by atoms with Gasteiger partial charge in [-0.2, -0.15) is 5.10 Å². The number of piperidine rings is 1. The van der Waals surface area contributed by atoms with E-state index in [2.05, 4.69) is 5.10 Å². The van der Waals surface area contributed by atoms with E-state index in [0.717, 1.165) is 18.5 Å². The van der Waals surface area contributed by atoms with Crippen LogP contribution < -0.4 is 5.73 Å². The second-order valence-corrected chi connectivity index (χ2v) is 6.11. The number of nitrogens with two attached hydrogens (primary N) is 1. The van der Waals surface area contributed by atoms with E-state index in [9.17, 15) is 9.18 Å². The van der Waals surface area contributed by atoms with Crippen LogP contribution in [0, 0.1) is 11.7 Å². The Hall–Kier alpha value is -2.21. The molecule has 1 amide bonds. The molecule has 0 saturated carbocycles. The van der Waals surface area contributed by atoms with Gasteiger partial charge in [-0.3, -0.25) is 4.79 Å². The van der Waals surface area contributed by atoms with Gasteiger partial charge < -0.3 is 10.6 Å². The lowest BCUT2D eigenvalue weighted by molar-refractivity contribution is 0.0674. The second kappa shape index (κ2) is 6.50. The number of carbonyl (C=O) groups is 1. The van der Waals surface area contributed by atoms with Gasteiger partial charge in [0.1, 0.15) is 5.82 Å².